The summed E-state index contributed by atoms with van der Waals surface area (Å²) in [4.78, 5) is 33.5. The number of pyridine rings is 1. The van der Waals surface area contributed by atoms with Gasteiger partial charge in [0.1, 0.15) is 11.4 Å². The summed E-state index contributed by atoms with van der Waals surface area (Å²) < 4.78 is 28.3. The molecule has 1 amide bonds. The van der Waals surface area contributed by atoms with E-state index in [1.165, 1.54) is 23.9 Å². The summed E-state index contributed by atoms with van der Waals surface area (Å²) in [5, 5.41) is 24.6. The van der Waals surface area contributed by atoms with Gasteiger partial charge in [-0.1, -0.05) is 36.4 Å². The number of nitro benzene ring substituents is 1. The van der Waals surface area contributed by atoms with Gasteiger partial charge in [-0.25, -0.2) is 13.1 Å². The number of carbonyl (C=O) groups excluding carboxylic acids is 1. The Labute approximate surface area is 306 Å². The number of nitrogens with one attached hydrogen (secondary N) is 2. The van der Waals surface area contributed by atoms with Gasteiger partial charge in [0.05, 0.1) is 16.0 Å². The van der Waals surface area contributed by atoms with Gasteiger partial charge in [-0.15, -0.1) is 11.8 Å². The number of aromatic hydroxyl groups is 1. The summed E-state index contributed by atoms with van der Waals surface area (Å²) >= 11 is 1.59. The van der Waals surface area contributed by atoms with Crippen molar-refractivity contribution in [3.63, 3.8) is 0 Å². The average molecular weight is 739 g/mol. The highest BCUT2D eigenvalue weighted by molar-refractivity contribution is 7.99. The molecule has 2 heterocycles. The summed E-state index contributed by atoms with van der Waals surface area (Å²) in [5.74, 6) is -0.0557. The van der Waals surface area contributed by atoms with Crippen LogP contribution in [0.5, 0.6) is 5.75 Å². The number of nitro groups is 1. The second kappa shape index (κ2) is 16.3. The third kappa shape index (κ3) is 9.07. The van der Waals surface area contributed by atoms with Crippen LogP contribution in [0.4, 0.5) is 17.1 Å². The van der Waals surface area contributed by atoms with E-state index in [0.29, 0.717) is 12.3 Å². The fraction of sp³-hybridized carbons (Fsp3) is 0.211. The monoisotopic (exact) mass is 738 g/mol. The number of rotatable bonds is 13. The second-order valence-electron chi connectivity index (χ2n) is 12.4. The predicted molar refractivity (Wildman–Crippen MR) is 203 cm³/mol. The smallest absolute Gasteiger partial charge is 0.293 e. The van der Waals surface area contributed by atoms with Gasteiger partial charge in [0.25, 0.3) is 21.6 Å². The lowest BCUT2D eigenvalue weighted by molar-refractivity contribution is -0.384. The Balaban J connectivity index is 1.01. The number of amides is 1. The van der Waals surface area contributed by atoms with Crippen molar-refractivity contribution in [3.05, 3.63) is 136 Å². The molecular weight excluding hydrogens is 701 g/mol. The minimum absolute atomic E-state index is 0.134. The number of aromatic nitrogens is 1. The van der Waals surface area contributed by atoms with Crippen LogP contribution in [0, 0.1) is 17.0 Å². The van der Waals surface area contributed by atoms with E-state index >= 15 is 0 Å². The number of nitrogens with zero attached hydrogens (tertiary/aromatic N) is 4. The van der Waals surface area contributed by atoms with Crippen molar-refractivity contribution >= 4 is 44.8 Å². The maximum Gasteiger partial charge on any atom is 0.293 e. The molecule has 6 rings (SSSR count). The molecule has 1 aliphatic heterocycles. The molecule has 268 valence electrons. The fourth-order valence-electron chi connectivity index (χ4n) is 6.06. The van der Waals surface area contributed by atoms with Crippen molar-refractivity contribution in [2.24, 2.45) is 0 Å². The Bertz CT molecular complexity index is 2160. The first-order valence-electron chi connectivity index (χ1n) is 16.6. The van der Waals surface area contributed by atoms with Crippen LogP contribution in [0.3, 0.4) is 0 Å². The van der Waals surface area contributed by atoms with E-state index in [-0.39, 0.29) is 21.9 Å². The molecule has 52 heavy (non-hydrogen) atoms. The number of hydrogen-bond donors (Lipinski definition) is 3. The minimum Gasteiger partial charge on any atom is -0.506 e. The highest BCUT2D eigenvalue weighted by atomic mass is 32.2. The number of thioether (sulfide) groups is 1. The number of carbonyl (C=O) groups is 1. The first kappa shape index (κ1) is 36.4. The summed E-state index contributed by atoms with van der Waals surface area (Å²) in [7, 11) is -4.39. The molecule has 1 aromatic heterocycles. The second-order valence-corrected chi connectivity index (χ2v) is 15.2. The molecule has 0 radical (unpaired) electrons. The molecule has 12 nitrogen and oxygen atoms in total. The predicted octanol–water partition coefficient (Wildman–Crippen LogP) is 6.32. The van der Waals surface area contributed by atoms with Crippen LogP contribution < -0.4 is 14.9 Å². The van der Waals surface area contributed by atoms with Crippen molar-refractivity contribution < 1.29 is 23.2 Å². The van der Waals surface area contributed by atoms with Crippen LogP contribution in [0.25, 0.3) is 11.1 Å². The minimum atomic E-state index is -4.39. The lowest BCUT2D eigenvalue weighted by Crippen LogP contribution is -2.46. The average Bonchev–Trinajstić information content (AvgIpc) is 3.14. The van der Waals surface area contributed by atoms with E-state index in [4.69, 9.17) is 0 Å². The zero-order valence-corrected chi connectivity index (χ0v) is 30.1. The van der Waals surface area contributed by atoms with Crippen LogP contribution in [-0.2, 0) is 16.6 Å². The highest BCUT2D eigenvalue weighted by Gasteiger charge is 2.24. The highest BCUT2D eigenvalue weighted by Crippen LogP contribution is 2.29. The molecule has 0 unspecified atom stereocenters. The van der Waals surface area contributed by atoms with Gasteiger partial charge in [0, 0.05) is 79.0 Å². The standard InChI is InChI=1S/C38H38N6O6S2/c1-27-21-28(7-13-35(27)30-22-32(45)25-39-24-30)26-42-16-18-43(19-17-42)31-10-8-29(9-11-31)38(46)41-52(49,50)34-12-14-36(37(23-34)44(47)48)40-15-20-51-33-5-3-2-4-6-33/h2-14,21-25,40,45H,15-20,26H2,1H3,(H,41,46). The quantitative estimate of drug-likeness (QED) is 0.0538. The Kier molecular flexibility index (Phi) is 11.4. The molecule has 14 heteroatoms. The van der Waals surface area contributed by atoms with Gasteiger partial charge in [0.2, 0.25) is 0 Å². The van der Waals surface area contributed by atoms with Gasteiger partial charge < -0.3 is 15.3 Å². The Morgan fingerprint density at radius 3 is 2.38 bits per heavy atom. The number of benzene rings is 4. The summed E-state index contributed by atoms with van der Waals surface area (Å²) in [6.45, 7) is 6.51. The first-order chi connectivity index (χ1) is 25.1. The van der Waals surface area contributed by atoms with E-state index < -0.39 is 26.5 Å². The maximum atomic E-state index is 13.1. The van der Waals surface area contributed by atoms with E-state index in [2.05, 4.69) is 45.2 Å². The van der Waals surface area contributed by atoms with Gasteiger partial charge in [0.15, 0.2) is 0 Å². The van der Waals surface area contributed by atoms with Crippen molar-refractivity contribution in [1.82, 2.24) is 14.6 Å². The van der Waals surface area contributed by atoms with E-state index in [9.17, 15) is 28.4 Å². The van der Waals surface area contributed by atoms with E-state index in [0.717, 1.165) is 66.1 Å². The Morgan fingerprint density at radius 2 is 1.69 bits per heavy atom. The van der Waals surface area contributed by atoms with Crippen LogP contribution in [0.2, 0.25) is 0 Å². The van der Waals surface area contributed by atoms with E-state index in [1.54, 1.807) is 48.3 Å². The van der Waals surface area contributed by atoms with Crippen LogP contribution in [-0.4, -0.2) is 72.7 Å². The topological polar surface area (TPSA) is 158 Å². The summed E-state index contributed by atoms with van der Waals surface area (Å²) in [5.41, 5.74) is 5.06. The molecule has 4 aromatic carbocycles. The van der Waals surface area contributed by atoms with Crippen molar-refractivity contribution in [2.45, 2.75) is 23.3 Å². The fourth-order valence-corrected chi connectivity index (χ4v) is 7.84. The van der Waals surface area contributed by atoms with Gasteiger partial charge in [-0.2, -0.15) is 0 Å². The number of aryl methyl sites for hydroxylation is 1. The van der Waals surface area contributed by atoms with Crippen molar-refractivity contribution in [1.29, 1.82) is 0 Å². The lowest BCUT2D eigenvalue weighted by atomic mass is 9.99. The molecule has 1 saturated heterocycles. The summed E-state index contributed by atoms with van der Waals surface area (Å²) in [6.07, 6.45) is 3.16. The molecule has 3 N–H and O–H groups in total. The van der Waals surface area contributed by atoms with Crippen LogP contribution in [0.15, 0.2) is 119 Å². The van der Waals surface area contributed by atoms with Crippen molar-refractivity contribution in [2.75, 3.05) is 48.7 Å². The van der Waals surface area contributed by atoms with Crippen molar-refractivity contribution in [3.8, 4) is 16.9 Å². The molecular formula is C38H38N6O6S2. The number of piperazine rings is 1. The van der Waals surface area contributed by atoms with Gasteiger partial charge in [-0.3, -0.25) is 24.8 Å². The molecule has 5 aromatic rings. The maximum absolute atomic E-state index is 13.1. The van der Waals surface area contributed by atoms with Crippen LogP contribution >= 0.6 is 11.8 Å². The third-order valence-corrected chi connectivity index (χ3v) is 11.1. The molecule has 0 saturated carbocycles. The third-order valence-electron chi connectivity index (χ3n) is 8.73. The number of sulfonamides is 1. The Morgan fingerprint density at radius 1 is 0.942 bits per heavy atom. The molecule has 0 atom stereocenters. The molecule has 1 aliphatic rings. The molecule has 0 bridgehead atoms. The zero-order valence-electron chi connectivity index (χ0n) is 28.4. The molecule has 0 aliphatic carbocycles. The van der Waals surface area contributed by atoms with Crippen LogP contribution in [0.1, 0.15) is 21.5 Å². The van der Waals surface area contributed by atoms with Gasteiger partial charge >= 0.3 is 0 Å². The van der Waals surface area contributed by atoms with Gasteiger partial charge in [-0.05, 0) is 78.2 Å². The normalized spacial score (nSPS) is 13.4. The number of hydrogen-bond acceptors (Lipinski definition) is 11. The molecule has 0 spiro atoms. The SMILES string of the molecule is Cc1cc(CN2CCN(c3ccc(C(=O)NS(=O)(=O)c4ccc(NCCSc5ccccc5)c([N+](=O)[O-])c4)cc3)CC2)ccc1-c1cncc(O)c1. The largest absolute Gasteiger partial charge is 0.506 e. The Hall–Kier alpha value is -5.44. The first-order valence-corrected chi connectivity index (χ1v) is 19.1. The van der Waals surface area contributed by atoms with E-state index in [1.807, 2.05) is 35.1 Å². The zero-order chi connectivity index (χ0) is 36.7. The number of anilines is 2. The molecule has 1 fully saturated rings. The summed E-state index contributed by atoms with van der Waals surface area (Å²) in [6, 6.07) is 28.0. The lowest BCUT2D eigenvalue weighted by Gasteiger charge is -2.36.